The van der Waals surface area contributed by atoms with Gasteiger partial charge in [0.25, 0.3) is 5.91 Å². The Morgan fingerprint density at radius 1 is 1.12 bits per heavy atom. The lowest BCUT2D eigenvalue weighted by Gasteiger charge is -2.11. The average Bonchev–Trinajstić information content (AvgIpc) is 3.16. The minimum Gasteiger partial charge on any atom is -0.382 e. The fourth-order valence-corrected chi connectivity index (χ4v) is 3.45. The molecule has 2 aromatic heterocycles. The van der Waals surface area contributed by atoms with Gasteiger partial charge in [-0.3, -0.25) is 4.79 Å². The molecule has 0 spiro atoms. The number of nitrogens with two attached hydrogens (primary N) is 1. The third-order valence-electron chi connectivity index (χ3n) is 4.85. The van der Waals surface area contributed by atoms with Crippen LogP contribution in [0.15, 0.2) is 59.1 Å². The first-order chi connectivity index (χ1) is 15.8. The van der Waals surface area contributed by atoms with E-state index in [2.05, 4.69) is 20.8 Å². The number of nitrogens with one attached hydrogen (secondary N) is 2. The van der Waals surface area contributed by atoms with Crippen molar-refractivity contribution in [2.24, 2.45) is 0 Å². The number of rotatable bonds is 6. The molecule has 0 fully saturated rings. The summed E-state index contributed by atoms with van der Waals surface area (Å²) in [6.45, 7) is 1.94. The highest BCUT2D eigenvalue weighted by Gasteiger charge is 2.26. The van der Waals surface area contributed by atoms with Crippen LogP contribution in [-0.2, 0) is 6.54 Å². The highest BCUT2D eigenvalue weighted by Crippen LogP contribution is 2.34. The second-order valence-corrected chi connectivity index (χ2v) is 7.53. The largest absolute Gasteiger partial charge is 0.382 e. The lowest BCUT2D eigenvalue weighted by Crippen LogP contribution is -2.16. The molecule has 0 bridgehead atoms. The zero-order valence-electron chi connectivity index (χ0n) is 17.3. The second kappa shape index (κ2) is 9.25. The van der Waals surface area contributed by atoms with Gasteiger partial charge in [0, 0.05) is 6.54 Å². The van der Waals surface area contributed by atoms with Gasteiger partial charge in [-0.1, -0.05) is 35.0 Å². The summed E-state index contributed by atoms with van der Waals surface area (Å²) in [6, 6.07) is 13.4. The predicted molar refractivity (Wildman–Crippen MR) is 122 cm³/mol. The van der Waals surface area contributed by atoms with E-state index in [9.17, 15) is 13.6 Å². The minimum absolute atomic E-state index is 0.0165. The number of nitrogens with zero attached hydrogens (tertiary/aromatic N) is 2. The van der Waals surface area contributed by atoms with E-state index in [4.69, 9.17) is 21.9 Å². The van der Waals surface area contributed by atoms with Crippen LogP contribution in [0.3, 0.4) is 0 Å². The van der Waals surface area contributed by atoms with E-state index in [0.29, 0.717) is 12.4 Å². The molecule has 1 amide bonds. The third kappa shape index (κ3) is 4.78. The Labute approximate surface area is 192 Å². The Bertz CT molecular complexity index is 1300. The lowest BCUT2D eigenvalue weighted by molar-refractivity contribution is 0.102. The minimum atomic E-state index is -0.636. The van der Waals surface area contributed by atoms with Crippen molar-refractivity contribution in [1.82, 2.24) is 10.1 Å². The van der Waals surface area contributed by atoms with E-state index >= 15 is 0 Å². The van der Waals surface area contributed by atoms with Gasteiger partial charge in [-0.25, -0.2) is 13.8 Å². The molecule has 33 heavy (non-hydrogen) atoms. The zero-order valence-corrected chi connectivity index (χ0v) is 18.1. The molecular formula is C23H18ClF2N5O2. The van der Waals surface area contributed by atoms with Gasteiger partial charge in [0.15, 0.2) is 0 Å². The van der Waals surface area contributed by atoms with Gasteiger partial charge in [0.1, 0.15) is 40.3 Å². The molecule has 0 unspecified atom stereocenters. The topological polar surface area (TPSA) is 106 Å². The molecule has 10 heteroatoms. The van der Waals surface area contributed by atoms with E-state index in [-0.39, 0.29) is 44.9 Å². The van der Waals surface area contributed by atoms with Crippen LogP contribution < -0.4 is 16.4 Å². The summed E-state index contributed by atoms with van der Waals surface area (Å²) in [4.78, 5) is 17.2. The summed E-state index contributed by atoms with van der Waals surface area (Å²) < 4.78 is 32.5. The number of hydrogen-bond donors (Lipinski definition) is 3. The van der Waals surface area contributed by atoms with E-state index in [1.54, 1.807) is 24.3 Å². The second-order valence-electron chi connectivity index (χ2n) is 7.12. The number of hydrogen-bond acceptors (Lipinski definition) is 6. The third-order valence-corrected chi connectivity index (χ3v) is 5.16. The number of halogens is 3. The number of carbonyl (C=O) groups is 1. The van der Waals surface area contributed by atoms with Crippen molar-refractivity contribution in [3.63, 3.8) is 0 Å². The number of carbonyl (C=O) groups excluding carboxylic acids is 1. The van der Waals surface area contributed by atoms with Gasteiger partial charge in [0.2, 0.25) is 0 Å². The highest BCUT2D eigenvalue weighted by molar-refractivity contribution is 6.33. The first-order valence-electron chi connectivity index (χ1n) is 9.80. The first-order valence-corrected chi connectivity index (χ1v) is 10.2. The monoisotopic (exact) mass is 469 g/mol. The molecule has 4 rings (SSSR count). The molecular weight excluding hydrogens is 452 g/mol. The first kappa shape index (κ1) is 22.2. The number of aromatic nitrogens is 2. The smallest absolute Gasteiger partial charge is 0.261 e. The number of nitrogen functional groups attached to an aromatic ring is 1. The van der Waals surface area contributed by atoms with E-state index < -0.39 is 11.7 Å². The number of aryl methyl sites for hydroxylation is 1. The van der Waals surface area contributed by atoms with Gasteiger partial charge in [-0.05, 0) is 48.9 Å². The van der Waals surface area contributed by atoms with E-state index in [1.165, 1.54) is 37.3 Å². The van der Waals surface area contributed by atoms with Crippen LogP contribution in [0.4, 0.5) is 26.1 Å². The van der Waals surface area contributed by atoms with Crippen LogP contribution in [-0.4, -0.2) is 16.0 Å². The Hall–Kier alpha value is -3.98. The molecule has 0 saturated carbocycles. The van der Waals surface area contributed by atoms with Crippen molar-refractivity contribution < 1.29 is 18.1 Å². The molecule has 2 heterocycles. The average molecular weight is 470 g/mol. The standard InChI is InChI=1S/C23H18ClF2N5O2/c1-12-19(21(31-33-12)20-15(24)3-2-4-16(20)26)23(32)29-17-9-10-18(30-22(17)27)28-11-13-5-7-14(25)8-6-13/h2-10H,11H2,1H3,(H,29,32)(H3,27,28,30). The van der Waals surface area contributed by atoms with Gasteiger partial charge in [0.05, 0.1) is 16.3 Å². The molecule has 4 N–H and O–H groups in total. The Kier molecular flexibility index (Phi) is 6.23. The van der Waals surface area contributed by atoms with Crippen LogP contribution >= 0.6 is 11.6 Å². The number of anilines is 3. The lowest BCUT2D eigenvalue weighted by atomic mass is 10.0. The van der Waals surface area contributed by atoms with Gasteiger partial charge >= 0.3 is 0 Å². The van der Waals surface area contributed by atoms with Gasteiger partial charge < -0.3 is 20.9 Å². The fourth-order valence-electron chi connectivity index (χ4n) is 3.19. The summed E-state index contributed by atoms with van der Waals surface area (Å²) >= 11 is 6.13. The molecule has 4 aromatic rings. The Morgan fingerprint density at radius 3 is 2.58 bits per heavy atom. The van der Waals surface area contributed by atoms with Crippen molar-refractivity contribution in [2.75, 3.05) is 16.4 Å². The molecule has 7 nitrogen and oxygen atoms in total. The number of pyridine rings is 1. The van der Waals surface area contributed by atoms with Gasteiger partial charge in [-0.15, -0.1) is 0 Å². The number of benzene rings is 2. The van der Waals surface area contributed by atoms with E-state index in [0.717, 1.165) is 5.56 Å². The Morgan fingerprint density at radius 2 is 1.88 bits per heavy atom. The van der Waals surface area contributed by atoms with Crippen molar-refractivity contribution in [1.29, 1.82) is 0 Å². The summed E-state index contributed by atoms with van der Waals surface area (Å²) in [7, 11) is 0. The SMILES string of the molecule is Cc1onc(-c2c(F)cccc2Cl)c1C(=O)Nc1ccc(NCc2ccc(F)cc2)nc1N. The number of amides is 1. The molecule has 0 aliphatic heterocycles. The molecule has 0 atom stereocenters. The highest BCUT2D eigenvalue weighted by atomic mass is 35.5. The molecule has 168 valence electrons. The van der Waals surface area contributed by atoms with Crippen molar-refractivity contribution in [2.45, 2.75) is 13.5 Å². The molecule has 0 saturated heterocycles. The van der Waals surface area contributed by atoms with E-state index in [1.807, 2.05) is 0 Å². The maximum absolute atomic E-state index is 14.4. The summed E-state index contributed by atoms with van der Waals surface area (Å²) in [5.74, 6) is -0.844. The molecule has 0 radical (unpaired) electrons. The maximum atomic E-state index is 14.4. The van der Waals surface area contributed by atoms with Crippen LogP contribution in [0.25, 0.3) is 11.3 Å². The van der Waals surface area contributed by atoms with Crippen molar-refractivity contribution in [3.8, 4) is 11.3 Å². The summed E-state index contributed by atoms with van der Waals surface area (Å²) in [5, 5.41) is 9.64. The molecule has 0 aliphatic carbocycles. The molecule has 0 aliphatic rings. The maximum Gasteiger partial charge on any atom is 0.261 e. The quantitative estimate of drug-likeness (QED) is 0.348. The molecule has 2 aromatic carbocycles. The normalized spacial score (nSPS) is 10.8. The van der Waals surface area contributed by atoms with Crippen LogP contribution in [0.1, 0.15) is 21.7 Å². The fraction of sp³-hybridized carbons (Fsp3) is 0.0870. The van der Waals surface area contributed by atoms with Crippen LogP contribution in [0, 0.1) is 18.6 Å². The van der Waals surface area contributed by atoms with Crippen LogP contribution in [0.5, 0.6) is 0 Å². The van der Waals surface area contributed by atoms with Crippen LogP contribution in [0.2, 0.25) is 5.02 Å². The summed E-state index contributed by atoms with van der Waals surface area (Å²) in [5.41, 5.74) is 7.09. The Balaban J connectivity index is 1.52. The van der Waals surface area contributed by atoms with Gasteiger partial charge in [-0.2, -0.15) is 0 Å². The summed E-state index contributed by atoms with van der Waals surface area (Å²) in [6.07, 6.45) is 0. The van der Waals surface area contributed by atoms with Crippen molar-refractivity contribution >= 4 is 34.8 Å². The zero-order chi connectivity index (χ0) is 23.5. The van der Waals surface area contributed by atoms with Crippen molar-refractivity contribution in [3.05, 3.63) is 88.1 Å². The predicted octanol–water partition coefficient (Wildman–Crippen LogP) is 5.42.